The molecule has 0 radical (unpaired) electrons. The minimum absolute atomic E-state index is 0.407. The average molecular weight is 244 g/mol. The van der Waals surface area contributed by atoms with E-state index in [0.29, 0.717) is 5.54 Å². The van der Waals surface area contributed by atoms with Crippen LogP contribution < -0.4 is 5.32 Å². The van der Waals surface area contributed by atoms with E-state index in [2.05, 4.69) is 15.0 Å². The first-order valence-electron chi connectivity index (χ1n) is 6.18. The van der Waals surface area contributed by atoms with E-state index in [9.17, 15) is 4.79 Å². The lowest BCUT2D eigenvalue weighted by Crippen LogP contribution is -2.42. The normalized spacial score (nSPS) is 21.4. The van der Waals surface area contributed by atoms with E-state index in [-0.39, 0.29) is 0 Å². The molecule has 5 nitrogen and oxygen atoms in total. The van der Waals surface area contributed by atoms with E-state index in [1.54, 1.807) is 0 Å². The number of methoxy groups -OCH3 is 2. The van der Waals surface area contributed by atoms with E-state index in [4.69, 9.17) is 4.74 Å². The van der Waals surface area contributed by atoms with Gasteiger partial charge in [0.05, 0.1) is 13.7 Å². The van der Waals surface area contributed by atoms with Crippen LogP contribution in [0.15, 0.2) is 0 Å². The van der Waals surface area contributed by atoms with E-state index in [1.165, 1.54) is 52.9 Å². The molecule has 2 heterocycles. The van der Waals surface area contributed by atoms with Gasteiger partial charge in [-0.15, -0.1) is 0 Å². The maximum atomic E-state index is 9.85. The van der Waals surface area contributed by atoms with E-state index in [1.807, 2.05) is 7.11 Å². The van der Waals surface area contributed by atoms with Gasteiger partial charge in [-0.05, 0) is 38.8 Å². The number of nitrogens with zero attached hydrogens (tertiary/aromatic N) is 1. The van der Waals surface area contributed by atoms with Crippen molar-refractivity contribution in [1.82, 2.24) is 10.2 Å². The average Bonchev–Trinajstić information content (AvgIpc) is 2.88. The van der Waals surface area contributed by atoms with Crippen LogP contribution in [0.5, 0.6) is 0 Å². The molecule has 0 spiro atoms. The fourth-order valence-electron chi connectivity index (χ4n) is 2.83. The van der Waals surface area contributed by atoms with Gasteiger partial charge in [0.1, 0.15) is 0 Å². The van der Waals surface area contributed by atoms with Crippen molar-refractivity contribution in [3.63, 3.8) is 0 Å². The Hall–Kier alpha value is -0.810. The van der Waals surface area contributed by atoms with E-state index >= 15 is 0 Å². The summed E-state index contributed by atoms with van der Waals surface area (Å²) >= 11 is 0. The summed E-state index contributed by atoms with van der Waals surface area (Å²) in [5.74, 6) is 0. The standard InChI is InChI=1S/C9H17NO.C3H7NO2/c1-11-8-9-4-2-6-10(9)7-3-5-9;1-4-3(5)6-2/h2-8H2,1H3;1-2H3,(H,4,5). The molecule has 0 aromatic rings. The summed E-state index contributed by atoms with van der Waals surface area (Å²) in [4.78, 5) is 12.5. The summed E-state index contributed by atoms with van der Waals surface area (Å²) in [7, 11) is 4.65. The van der Waals surface area contributed by atoms with E-state index in [0.717, 1.165) is 6.61 Å². The van der Waals surface area contributed by atoms with Gasteiger partial charge >= 0.3 is 6.09 Å². The van der Waals surface area contributed by atoms with Crippen molar-refractivity contribution in [2.24, 2.45) is 0 Å². The Labute approximate surface area is 103 Å². The molecule has 2 fully saturated rings. The second-order valence-corrected chi connectivity index (χ2v) is 4.59. The molecule has 2 rings (SSSR count). The number of alkyl carbamates (subject to hydrolysis) is 1. The fraction of sp³-hybridized carbons (Fsp3) is 0.917. The van der Waals surface area contributed by atoms with Crippen molar-refractivity contribution in [3.8, 4) is 0 Å². The fourth-order valence-corrected chi connectivity index (χ4v) is 2.83. The number of rotatable bonds is 2. The highest BCUT2D eigenvalue weighted by Gasteiger charge is 2.43. The van der Waals surface area contributed by atoms with Gasteiger partial charge in [0, 0.05) is 19.7 Å². The Morgan fingerprint density at radius 3 is 2.24 bits per heavy atom. The van der Waals surface area contributed by atoms with E-state index < -0.39 is 6.09 Å². The topological polar surface area (TPSA) is 50.8 Å². The second-order valence-electron chi connectivity index (χ2n) is 4.59. The third-order valence-corrected chi connectivity index (χ3v) is 3.61. The molecule has 1 amide bonds. The molecule has 0 aliphatic carbocycles. The number of carbonyl (C=O) groups excluding carboxylic acids is 1. The number of amides is 1. The lowest BCUT2D eigenvalue weighted by atomic mass is 9.95. The van der Waals surface area contributed by atoms with Gasteiger partial charge < -0.3 is 14.8 Å². The quantitative estimate of drug-likeness (QED) is 0.794. The van der Waals surface area contributed by atoms with Crippen molar-refractivity contribution in [2.45, 2.75) is 31.2 Å². The van der Waals surface area contributed by atoms with Gasteiger partial charge in [-0.1, -0.05) is 0 Å². The van der Waals surface area contributed by atoms with Crippen molar-refractivity contribution in [2.75, 3.05) is 41.0 Å². The molecule has 2 saturated heterocycles. The summed E-state index contributed by atoms with van der Waals surface area (Å²) < 4.78 is 9.44. The second kappa shape index (κ2) is 6.81. The summed E-state index contributed by atoms with van der Waals surface area (Å²) in [5, 5.41) is 2.25. The summed E-state index contributed by atoms with van der Waals surface area (Å²) in [5.41, 5.74) is 0.467. The first-order valence-corrected chi connectivity index (χ1v) is 6.18. The Kier molecular flexibility index (Phi) is 5.71. The molecule has 0 atom stereocenters. The molecular weight excluding hydrogens is 220 g/mol. The molecule has 0 saturated carbocycles. The number of ether oxygens (including phenoxy) is 2. The Balaban J connectivity index is 0.000000209. The third kappa shape index (κ3) is 3.57. The van der Waals surface area contributed by atoms with Crippen molar-refractivity contribution in [3.05, 3.63) is 0 Å². The smallest absolute Gasteiger partial charge is 0.406 e. The third-order valence-electron chi connectivity index (χ3n) is 3.61. The highest BCUT2D eigenvalue weighted by atomic mass is 16.5. The van der Waals surface area contributed by atoms with Crippen molar-refractivity contribution in [1.29, 1.82) is 0 Å². The molecule has 0 bridgehead atoms. The highest BCUT2D eigenvalue weighted by Crippen LogP contribution is 2.38. The van der Waals surface area contributed by atoms with Crippen LogP contribution in [0.4, 0.5) is 4.79 Å². The van der Waals surface area contributed by atoms with Gasteiger partial charge in [0.2, 0.25) is 0 Å². The number of hydrogen-bond donors (Lipinski definition) is 1. The van der Waals surface area contributed by atoms with Gasteiger partial charge in [-0.2, -0.15) is 0 Å². The molecule has 0 aromatic heterocycles. The van der Waals surface area contributed by atoms with Crippen LogP contribution in [-0.2, 0) is 9.47 Å². The molecule has 0 unspecified atom stereocenters. The number of nitrogens with one attached hydrogen (secondary N) is 1. The zero-order valence-electron chi connectivity index (χ0n) is 11.1. The molecule has 2 aliphatic rings. The highest BCUT2D eigenvalue weighted by molar-refractivity contribution is 5.66. The summed E-state index contributed by atoms with van der Waals surface area (Å²) in [6.45, 7) is 3.57. The minimum Gasteiger partial charge on any atom is -0.453 e. The largest absolute Gasteiger partial charge is 0.453 e. The molecule has 17 heavy (non-hydrogen) atoms. The molecule has 0 aromatic carbocycles. The van der Waals surface area contributed by atoms with Crippen molar-refractivity contribution < 1.29 is 14.3 Å². The molecule has 5 heteroatoms. The lowest BCUT2D eigenvalue weighted by molar-refractivity contribution is 0.0655. The monoisotopic (exact) mass is 244 g/mol. The predicted molar refractivity (Wildman–Crippen MR) is 66.1 cm³/mol. The van der Waals surface area contributed by atoms with Crippen LogP contribution in [0, 0.1) is 0 Å². The maximum absolute atomic E-state index is 9.85. The zero-order valence-corrected chi connectivity index (χ0v) is 11.1. The number of fused-ring (bicyclic) bond motifs is 1. The van der Waals surface area contributed by atoms with Crippen LogP contribution >= 0.6 is 0 Å². The first-order chi connectivity index (χ1) is 8.18. The first kappa shape index (κ1) is 14.3. The molecule has 1 N–H and O–H groups in total. The summed E-state index contributed by atoms with van der Waals surface area (Å²) in [6, 6.07) is 0. The van der Waals surface area contributed by atoms with Gasteiger partial charge in [-0.25, -0.2) is 4.79 Å². The molecular formula is C12H24N2O3. The van der Waals surface area contributed by atoms with Crippen LogP contribution in [0.25, 0.3) is 0 Å². The number of hydrogen-bond acceptors (Lipinski definition) is 4. The minimum atomic E-state index is -0.407. The van der Waals surface area contributed by atoms with Crippen LogP contribution in [0.1, 0.15) is 25.7 Å². The lowest BCUT2D eigenvalue weighted by Gasteiger charge is -2.30. The van der Waals surface area contributed by atoms with Crippen molar-refractivity contribution >= 4 is 6.09 Å². The predicted octanol–water partition coefficient (Wildman–Crippen LogP) is 1.23. The van der Waals surface area contributed by atoms with Gasteiger partial charge in [-0.3, -0.25) is 4.90 Å². The zero-order chi connectivity index (χ0) is 12.7. The Morgan fingerprint density at radius 2 is 1.88 bits per heavy atom. The maximum Gasteiger partial charge on any atom is 0.406 e. The van der Waals surface area contributed by atoms with Gasteiger partial charge in [0.25, 0.3) is 0 Å². The van der Waals surface area contributed by atoms with Crippen LogP contribution in [0.2, 0.25) is 0 Å². The number of carbonyl (C=O) groups is 1. The Morgan fingerprint density at radius 1 is 1.29 bits per heavy atom. The molecule has 2 aliphatic heterocycles. The van der Waals surface area contributed by atoms with Gasteiger partial charge in [0.15, 0.2) is 0 Å². The SMILES string of the molecule is CNC(=O)OC.COCC12CCCN1CCC2. The van der Waals surface area contributed by atoms with Crippen LogP contribution in [-0.4, -0.2) is 57.5 Å². The van der Waals surface area contributed by atoms with Crippen LogP contribution in [0.3, 0.4) is 0 Å². The summed E-state index contributed by atoms with van der Waals surface area (Å²) in [6.07, 6.45) is 5.07. The molecule has 100 valence electrons. The Bertz CT molecular complexity index is 230.